The molecule has 4 nitrogen and oxygen atoms in total. The molecule has 0 saturated heterocycles. The highest BCUT2D eigenvalue weighted by Gasteiger charge is 2.04. The third-order valence-corrected chi connectivity index (χ3v) is 1.91. The number of hydrogen-bond donors (Lipinski definition) is 1. The number of nitrogens with one attached hydrogen (secondary N) is 1. The summed E-state index contributed by atoms with van der Waals surface area (Å²) in [6, 6.07) is 4.29. The van der Waals surface area contributed by atoms with Gasteiger partial charge in [-0.05, 0) is 19.1 Å². The van der Waals surface area contributed by atoms with Crippen molar-refractivity contribution in [3.8, 4) is 17.3 Å². The molecule has 0 fully saturated rings. The minimum Gasteiger partial charge on any atom is -0.467 e. The van der Waals surface area contributed by atoms with E-state index in [1.54, 1.807) is 7.11 Å². The van der Waals surface area contributed by atoms with Gasteiger partial charge < -0.3 is 9.72 Å². The number of aryl methyl sites for hydroxylation is 1. The van der Waals surface area contributed by atoms with Gasteiger partial charge in [-0.25, -0.2) is 4.98 Å². The van der Waals surface area contributed by atoms with Crippen LogP contribution in [0, 0.1) is 6.92 Å². The lowest BCUT2D eigenvalue weighted by Crippen LogP contribution is -1.95. The largest absolute Gasteiger partial charge is 0.467 e. The van der Waals surface area contributed by atoms with E-state index in [2.05, 4.69) is 15.0 Å². The predicted molar refractivity (Wildman–Crippen MR) is 53.1 cm³/mol. The Bertz CT molecular complexity index is 423. The second kappa shape index (κ2) is 3.49. The van der Waals surface area contributed by atoms with Gasteiger partial charge in [-0.2, -0.15) is 4.98 Å². The average molecular weight is 189 g/mol. The van der Waals surface area contributed by atoms with Crippen LogP contribution in [0.3, 0.4) is 0 Å². The van der Waals surface area contributed by atoms with Crippen molar-refractivity contribution in [3.63, 3.8) is 0 Å². The molecule has 2 heterocycles. The molecule has 0 spiro atoms. The number of methoxy groups -OCH3 is 1. The maximum absolute atomic E-state index is 5.00. The fourth-order valence-corrected chi connectivity index (χ4v) is 1.26. The van der Waals surface area contributed by atoms with Gasteiger partial charge in [0.2, 0.25) is 0 Å². The summed E-state index contributed by atoms with van der Waals surface area (Å²) in [5.74, 6) is 0. The van der Waals surface area contributed by atoms with Gasteiger partial charge in [-0.15, -0.1) is 0 Å². The Morgan fingerprint density at radius 2 is 2.21 bits per heavy atom. The Labute approximate surface area is 82.0 Å². The Balaban J connectivity index is 2.48. The fraction of sp³-hybridized carbons (Fsp3) is 0.200. The van der Waals surface area contributed by atoms with E-state index in [4.69, 9.17) is 4.74 Å². The summed E-state index contributed by atoms with van der Waals surface area (Å²) in [7, 11) is 1.57. The molecule has 0 bridgehead atoms. The summed E-state index contributed by atoms with van der Waals surface area (Å²) in [6.45, 7) is 1.92. The summed E-state index contributed by atoms with van der Waals surface area (Å²) in [5.41, 5.74) is 2.80. The number of aromatic nitrogens is 3. The first-order valence-electron chi connectivity index (χ1n) is 4.32. The molecule has 1 N–H and O–H groups in total. The molecule has 0 aliphatic carbocycles. The van der Waals surface area contributed by atoms with E-state index in [9.17, 15) is 0 Å². The zero-order chi connectivity index (χ0) is 9.97. The summed E-state index contributed by atoms with van der Waals surface area (Å²) in [4.78, 5) is 11.3. The van der Waals surface area contributed by atoms with Gasteiger partial charge >= 0.3 is 6.01 Å². The minimum atomic E-state index is 0.404. The Kier molecular flexibility index (Phi) is 2.18. The monoisotopic (exact) mass is 189 g/mol. The van der Waals surface area contributed by atoms with Gasteiger partial charge in [0, 0.05) is 23.7 Å². The van der Waals surface area contributed by atoms with Crippen molar-refractivity contribution in [1.29, 1.82) is 0 Å². The SMILES string of the molecule is COc1nc(C)cc(-c2cc[nH]c2)n1. The van der Waals surface area contributed by atoms with Gasteiger partial charge in [-0.3, -0.25) is 0 Å². The number of nitrogens with zero attached hydrogens (tertiary/aromatic N) is 2. The number of rotatable bonds is 2. The molecule has 0 aliphatic heterocycles. The lowest BCUT2D eigenvalue weighted by atomic mass is 10.2. The predicted octanol–water partition coefficient (Wildman–Crippen LogP) is 1.79. The zero-order valence-corrected chi connectivity index (χ0v) is 8.11. The Morgan fingerprint density at radius 1 is 1.36 bits per heavy atom. The summed E-state index contributed by atoms with van der Waals surface area (Å²) in [6.07, 6.45) is 3.75. The third-order valence-electron chi connectivity index (χ3n) is 1.91. The topological polar surface area (TPSA) is 50.8 Å². The molecule has 0 radical (unpaired) electrons. The van der Waals surface area contributed by atoms with Crippen molar-refractivity contribution in [2.24, 2.45) is 0 Å². The number of H-pyrrole nitrogens is 1. The molecule has 0 atom stereocenters. The molecule has 4 heteroatoms. The first-order chi connectivity index (χ1) is 6.79. The number of ether oxygens (including phenoxy) is 1. The Morgan fingerprint density at radius 3 is 2.86 bits per heavy atom. The van der Waals surface area contributed by atoms with Crippen molar-refractivity contribution in [1.82, 2.24) is 15.0 Å². The van der Waals surface area contributed by atoms with Crippen LogP contribution in [0.15, 0.2) is 24.5 Å². The van der Waals surface area contributed by atoms with Crippen LogP contribution in [-0.2, 0) is 0 Å². The molecule has 0 unspecified atom stereocenters. The molecule has 72 valence electrons. The zero-order valence-electron chi connectivity index (χ0n) is 8.11. The van der Waals surface area contributed by atoms with E-state index in [-0.39, 0.29) is 0 Å². The molecular weight excluding hydrogens is 178 g/mol. The molecule has 0 aliphatic rings. The number of hydrogen-bond acceptors (Lipinski definition) is 3. The van der Waals surface area contributed by atoms with Crippen molar-refractivity contribution >= 4 is 0 Å². The molecule has 14 heavy (non-hydrogen) atoms. The van der Waals surface area contributed by atoms with Gasteiger partial charge in [0.1, 0.15) is 0 Å². The summed E-state index contributed by atoms with van der Waals surface area (Å²) >= 11 is 0. The third kappa shape index (κ3) is 1.59. The Hall–Kier alpha value is -1.84. The van der Waals surface area contributed by atoms with Crippen molar-refractivity contribution in [2.75, 3.05) is 7.11 Å². The first kappa shape index (κ1) is 8.74. The normalized spacial score (nSPS) is 10.1. The molecule has 2 aromatic rings. The van der Waals surface area contributed by atoms with E-state index < -0.39 is 0 Å². The average Bonchev–Trinajstić information content (AvgIpc) is 2.69. The van der Waals surface area contributed by atoms with Crippen LogP contribution in [-0.4, -0.2) is 22.1 Å². The fourth-order valence-electron chi connectivity index (χ4n) is 1.26. The highest BCUT2D eigenvalue weighted by Crippen LogP contribution is 2.18. The van der Waals surface area contributed by atoms with Crippen LogP contribution in [0.4, 0.5) is 0 Å². The minimum absolute atomic E-state index is 0.404. The second-order valence-corrected chi connectivity index (χ2v) is 2.98. The standard InChI is InChI=1S/C10H11N3O/c1-7-5-9(8-3-4-11-6-8)13-10(12-7)14-2/h3-6,11H,1-2H3. The van der Waals surface area contributed by atoms with Crippen LogP contribution in [0.5, 0.6) is 6.01 Å². The van der Waals surface area contributed by atoms with E-state index in [1.165, 1.54) is 0 Å². The first-order valence-corrected chi connectivity index (χ1v) is 4.32. The van der Waals surface area contributed by atoms with Gasteiger partial charge in [0.25, 0.3) is 0 Å². The molecule has 0 amide bonds. The summed E-state index contributed by atoms with van der Waals surface area (Å²) in [5, 5.41) is 0. The molecule has 2 aromatic heterocycles. The maximum Gasteiger partial charge on any atom is 0.316 e. The van der Waals surface area contributed by atoms with E-state index in [1.807, 2.05) is 31.5 Å². The van der Waals surface area contributed by atoms with Crippen molar-refractivity contribution in [2.45, 2.75) is 6.92 Å². The summed E-state index contributed by atoms with van der Waals surface area (Å²) < 4.78 is 5.00. The maximum atomic E-state index is 5.00. The van der Waals surface area contributed by atoms with Gasteiger partial charge in [0.15, 0.2) is 0 Å². The smallest absolute Gasteiger partial charge is 0.316 e. The van der Waals surface area contributed by atoms with Crippen LogP contribution >= 0.6 is 0 Å². The molecular formula is C10H11N3O. The highest BCUT2D eigenvalue weighted by atomic mass is 16.5. The van der Waals surface area contributed by atoms with E-state index in [0.29, 0.717) is 6.01 Å². The second-order valence-electron chi connectivity index (χ2n) is 2.98. The quantitative estimate of drug-likeness (QED) is 0.783. The van der Waals surface area contributed by atoms with Crippen molar-refractivity contribution < 1.29 is 4.74 Å². The van der Waals surface area contributed by atoms with Crippen LogP contribution in [0.1, 0.15) is 5.69 Å². The van der Waals surface area contributed by atoms with E-state index in [0.717, 1.165) is 17.0 Å². The molecule has 2 rings (SSSR count). The van der Waals surface area contributed by atoms with Crippen molar-refractivity contribution in [3.05, 3.63) is 30.2 Å². The van der Waals surface area contributed by atoms with Crippen LogP contribution in [0.25, 0.3) is 11.3 Å². The lowest BCUT2D eigenvalue weighted by Gasteiger charge is -2.02. The molecule has 0 saturated carbocycles. The van der Waals surface area contributed by atoms with Gasteiger partial charge in [-0.1, -0.05) is 0 Å². The number of aromatic amines is 1. The lowest BCUT2D eigenvalue weighted by molar-refractivity contribution is 0.379. The van der Waals surface area contributed by atoms with Crippen LogP contribution in [0.2, 0.25) is 0 Å². The highest BCUT2D eigenvalue weighted by molar-refractivity contribution is 5.58. The van der Waals surface area contributed by atoms with E-state index >= 15 is 0 Å². The van der Waals surface area contributed by atoms with Crippen LogP contribution < -0.4 is 4.74 Å². The molecule has 0 aromatic carbocycles. The van der Waals surface area contributed by atoms with Gasteiger partial charge in [0.05, 0.1) is 12.8 Å².